The first kappa shape index (κ1) is 20.1. The zero-order valence-electron chi connectivity index (χ0n) is 15.0. The van der Waals surface area contributed by atoms with Gasteiger partial charge >= 0.3 is 6.18 Å². The van der Waals surface area contributed by atoms with Crippen LogP contribution in [0.25, 0.3) is 10.8 Å². The lowest BCUT2D eigenvalue weighted by Crippen LogP contribution is -2.35. The van der Waals surface area contributed by atoms with Gasteiger partial charge in [-0.15, -0.1) is 0 Å². The summed E-state index contributed by atoms with van der Waals surface area (Å²) in [5, 5.41) is 7.87. The first-order valence-electron chi connectivity index (χ1n) is 8.60. The van der Waals surface area contributed by atoms with Gasteiger partial charge in [0.1, 0.15) is 0 Å². The number of hydrazone groups is 1. The zero-order chi connectivity index (χ0) is 20.9. The van der Waals surface area contributed by atoms with Crippen LogP contribution >= 0.6 is 0 Å². The molecule has 2 amide bonds. The highest BCUT2D eigenvalue weighted by molar-refractivity contribution is 6.07. The van der Waals surface area contributed by atoms with Crippen LogP contribution in [0.4, 0.5) is 13.2 Å². The van der Waals surface area contributed by atoms with Gasteiger partial charge in [0.15, 0.2) is 0 Å². The summed E-state index contributed by atoms with van der Waals surface area (Å²) in [6.45, 7) is -0.299. The van der Waals surface area contributed by atoms with Crippen LogP contribution in [0.5, 0.6) is 0 Å². The van der Waals surface area contributed by atoms with Gasteiger partial charge in [0.05, 0.1) is 18.3 Å². The van der Waals surface area contributed by atoms with Crippen LogP contribution in [0.2, 0.25) is 0 Å². The van der Waals surface area contributed by atoms with Gasteiger partial charge in [-0.3, -0.25) is 9.59 Å². The van der Waals surface area contributed by atoms with Crippen molar-refractivity contribution in [3.8, 4) is 0 Å². The van der Waals surface area contributed by atoms with Crippen LogP contribution in [0.15, 0.2) is 71.8 Å². The van der Waals surface area contributed by atoms with Crippen molar-refractivity contribution < 1.29 is 22.8 Å². The molecule has 0 bridgehead atoms. The molecule has 3 aromatic carbocycles. The molecule has 0 atom stereocenters. The number of rotatable bonds is 5. The molecule has 148 valence electrons. The van der Waals surface area contributed by atoms with E-state index in [-0.39, 0.29) is 6.54 Å². The summed E-state index contributed by atoms with van der Waals surface area (Å²) in [6.07, 6.45) is -3.20. The molecule has 0 spiro atoms. The largest absolute Gasteiger partial charge is 0.416 e. The molecular weight excluding hydrogens is 383 g/mol. The number of nitrogens with one attached hydrogen (secondary N) is 2. The molecule has 2 N–H and O–H groups in total. The summed E-state index contributed by atoms with van der Waals surface area (Å²) in [7, 11) is 0. The van der Waals surface area contributed by atoms with Crippen molar-refractivity contribution in [2.24, 2.45) is 5.10 Å². The number of alkyl halides is 3. The summed E-state index contributed by atoms with van der Waals surface area (Å²) in [6, 6.07) is 17.0. The summed E-state index contributed by atoms with van der Waals surface area (Å²) >= 11 is 0. The number of carbonyl (C=O) groups excluding carboxylic acids is 2. The van der Waals surface area contributed by atoms with Gasteiger partial charge in [-0.1, -0.05) is 48.5 Å². The minimum Gasteiger partial charge on any atom is -0.343 e. The van der Waals surface area contributed by atoms with Gasteiger partial charge in [0.25, 0.3) is 11.8 Å². The Morgan fingerprint density at radius 1 is 0.931 bits per heavy atom. The fraction of sp³-hybridized carbons (Fsp3) is 0.0952. The normalized spacial score (nSPS) is 11.6. The van der Waals surface area contributed by atoms with Crippen molar-refractivity contribution >= 4 is 28.8 Å². The monoisotopic (exact) mass is 399 g/mol. The van der Waals surface area contributed by atoms with E-state index in [1.807, 2.05) is 30.3 Å². The number of hydrogen-bond donors (Lipinski definition) is 2. The van der Waals surface area contributed by atoms with E-state index in [1.165, 1.54) is 18.3 Å². The van der Waals surface area contributed by atoms with Gasteiger partial charge in [-0.05, 0) is 34.5 Å². The van der Waals surface area contributed by atoms with E-state index in [0.717, 1.165) is 22.9 Å². The van der Waals surface area contributed by atoms with Crippen LogP contribution in [0.3, 0.4) is 0 Å². The standard InChI is InChI=1S/C21H16F3N3O2/c22-21(23,24)16-10-8-14(9-11-16)12-26-27-19(28)13-25-20(29)18-7-3-5-15-4-1-2-6-17(15)18/h1-12H,13H2,(H,25,29)(H,27,28)/b26-12+. The predicted octanol–water partition coefficient (Wildman–Crippen LogP) is 3.74. The molecule has 0 unspecified atom stereocenters. The van der Waals surface area contributed by atoms with Crippen molar-refractivity contribution in [1.29, 1.82) is 0 Å². The molecule has 0 aliphatic heterocycles. The van der Waals surface area contributed by atoms with E-state index < -0.39 is 23.6 Å². The van der Waals surface area contributed by atoms with Crippen LogP contribution < -0.4 is 10.7 Å². The molecule has 0 radical (unpaired) electrons. The summed E-state index contributed by atoms with van der Waals surface area (Å²) in [5.41, 5.74) is 2.28. The second kappa shape index (κ2) is 8.55. The third-order valence-corrected chi connectivity index (χ3v) is 4.08. The molecule has 0 saturated carbocycles. The van der Waals surface area contributed by atoms with Gasteiger partial charge < -0.3 is 5.32 Å². The van der Waals surface area contributed by atoms with Crippen LogP contribution in [0, 0.1) is 0 Å². The third kappa shape index (κ3) is 5.19. The van der Waals surface area contributed by atoms with Crippen molar-refractivity contribution in [3.63, 3.8) is 0 Å². The van der Waals surface area contributed by atoms with Crippen LogP contribution in [-0.2, 0) is 11.0 Å². The molecule has 0 aromatic heterocycles. The number of nitrogens with zero attached hydrogens (tertiary/aromatic N) is 1. The molecule has 0 saturated heterocycles. The second-order valence-electron chi connectivity index (χ2n) is 6.12. The highest BCUT2D eigenvalue weighted by atomic mass is 19.4. The van der Waals surface area contributed by atoms with E-state index in [4.69, 9.17) is 0 Å². The fourth-order valence-electron chi connectivity index (χ4n) is 2.66. The Bertz CT molecular complexity index is 1060. The summed E-state index contributed by atoms with van der Waals surface area (Å²) in [5.74, 6) is -0.967. The first-order chi connectivity index (χ1) is 13.8. The third-order valence-electron chi connectivity index (χ3n) is 4.08. The lowest BCUT2D eigenvalue weighted by Gasteiger charge is -2.07. The predicted molar refractivity (Wildman–Crippen MR) is 103 cm³/mol. The average Bonchev–Trinajstić information content (AvgIpc) is 2.71. The van der Waals surface area contributed by atoms with Gasteiger partial charge in [0.2, 0.25) is 0 Å². The Balaban J connectivity index is 1.53. The number of fused-ring (bicyclic) bond motifs is 1. The fourth-order valence-corrected chi connectivity index (χ4v) is 2.66. The maximum atomic E-state index is 12.5. The Labute approximate surface area is 164 Å². The Hall–Kier alpha value is -3.68. The Kier molecular flexibility index (Phi) is 5.92. The quantitative estimate of drug-likeness (QED) is 0.507. The number of halogens is 3. The SMILES string of the molecule is O=C(CNC(=O)c1cccc2ccccc12)N/N=C/c1ccc(C(F)(F)F)cc1. The number of amides is 2. The lowest BCUT2D eigenvalue weighted by atomic mass is 10.0. The Morgan fingerprint density at radius 3 is 2.34 bits per heavy atom. The van der Waals surface area contributed by atoms with Crippen molar-refractivity contribution in [1.82, 2.24) is 10.7 Å². The molecule has 0 aliphatic rings. The van der Waals surface area contributed by atoms with E-state index in [9.17, 15) is 22.8 Å². The van der Waals surface area contributed by atoms with Gasteiger partial charge in [0, 0.05) is 5.56 Å². The topological polar surface area (TPSA) is 70.6 Å². The molecule has 0 fully saturated rings. The molecule has 3 aromatic rings. The molecule has 8 heteroatoms. The lowest BCUT2D eigenvalue weighted by molar-refractivity contribution is -0.137. The molecule has 0 heterocycles. The van der Waals surface area contributed by atoms with Crippen LogP contribution in [0.1, 0.15) is 21.5 Å². The van der Waals surface area contributed by atoms with Gasteiger partial charge in [-0.25, -0.2) is 5.43 Å². The molecule has 3 rings (SSSR count). The second-order valence-corrected chi connectivity index (χ2v) is 6.12. The first-order valence-corrected chi connectivity index (χ1v) is 8.60. The van der Waals surface area contributed by atoms with E-state index in [1.54, 1.807) is 12.1 Å². The molecule has 29 heavy (non-hydrogen) atoms. The summed E-state index contributed by atoms with van der Waals surface area (Å²) in [4.78, 5) is 24.2. The maximum absolute atomic E-state index is 12.5. The highest BCUT2D eigenvalue weighted by Gasteiger charge is 2.29. The van der Waals surface area contributed by atoms with E-state index >= 15 is 0 Å². The van der Waals surface area contributed by atoms with Crippen LogP contribution in [-0.4, -0.2) is 24.6 Å². The van der Waals surface area contributed by atoms with Crippen molar-refractivity contribution in [2.75, 3.05) is 6.54 Å². The number of hydrogen-bond acceptors (Lipinski definition) is 3. The summed E-state index contributed by atoms with van der Waals surface area (Å²) < 4.78 is 37.5. The Morgan fingerprint density at radius 2 is 1.62 bits per heavy atom. The minimum absolute atomic E-state index is 0.299. The van der Waals surface area contributed by atoms with E-state index in [0.29, 0.717) is 11.1 Å². The molecule has 5 nitrogen and oxygen atoms in total. The smallest absolute Gasteiger partial charge is 0.343 e. The van der Waals surface area contributed by atoms with Gasteiger partial charge in [-0.2, -0.15) is 18.3 Å². The highest BCUT2D eigenvalue weighted by Crippen LogP contribution is 2.28. The number of carbonyl (C=O) groups is 2. The van der Waals surface area contributed by atoms with E-state index in [2.05, 4.69) is 15.8 Å². The maximum Gasteiger partial charge on any atom is 0.416 e. The zero-order valence-corrected chi connectivity index (χ0v) is 15.0. The molecular formula is C21H16F3N3O2. The minimum atomic E-state index is -4.41. The number of benzene rings is 3. The van der Waals surface area contributed by atoms with Crippen molar-refractivity contribution in [2.45, 2.75) is 6.18 Å². The average molecular weight is 399 g/mol. The molecule has 0 aliphatic carbocycles. The van der Waals surface area contributed by atoms with Crippen molar-refractivity contribution in [3.05, 3.63) is 83.4 Å².